The number of nitrogens with one attached hydrogen (secondary N) is 1. The first-order valence-corrected chi connectivity index (χ1v) is 10.0. The third-order valence-electron chi connectivity index (χ3n) is 6.17. The fourth-order valence-electron chi connectivity index (χ4n) is 4.38. The van der Waals surface area contributed by atoms with Crippen LogP contribution in [0.2, 0.25) is 0 Å². The Kier molecular flexibility index (Phi) is 5.01. The molecule has 0 bridgehead atoms. The molecule has 1 aromatic heterocycles. The van der Waals surface area contributed by atoms with Gasteiger partial charge in [0, 0.05) is 25.0 Å². The Labute approximate surface area is 166 Å². The highest BCUT2D eigenvalue weighted by Gasteiger charge is 2.34. The first-order chi connectivity index (χ1) is 13.6. The quantitative estimate of drug-likeness (QED) is 0.791. The van der Waals surface area contributed by atoms with Crippen LogP contribution in [-0.4, -0.2) is 36.2 Å². The fraction of sp³-hybridized carbons (Fsp3) is 0.571. The van der Waals surface area contributed by atoms with Gasteiger partial charge in [0.25, 0.3) is 5.91 Å². The molecule has 0 unspecified atom stereocenters. The summed E-state index contributed by atoms with van der Waals surface area (Å²) in [4.78, 5) is 14.4. The summed E-state index contributed by atoms with van der Waals surface area (Å²) in [6.07, 6.45) is -0.242. The van der Waals surface area contributed by atoms with Crippen molar-refractivity contribution in [3.05, 3.63) is 29.5 Å². The average Bonchev–Trinajstić information content (AvgIpc) is 2.96. The van der Waals surface area contributed by atoms with Crippen LogP contribution in [0.3, 0.4) is 0 Å². The van der Waals surface area contributed by atoms with Gasteiger partial charge in [0.2, 0.25) is 5.76 Å². The van der Waals surface area contributed by atoms with Gasteiger partial charge in [-0.3, -0.25) is 4.79 Å². The van der Waals surface area contributed by atoms with E-state index in [1.807, 2.05) is 11.8 Å². The molecule has 5 nitrogen and oxygen atoms in total. The number of fused-ring (bicyclic) bond motifs is 3. The van der Waals surface area contributed by atoms with Gasteiger partial charge in [-0.05, 0) is 63.1 Å². The van der Waals surface area contributed by atoms with Crippen LogP contribution in [-0.2, 0) is 6.18 Å². The largest absolute Gasteiger partial charge is 0.449 e. The van der Waals surface area contributed by atoms with Crippen molar-refractivity contribution >= 4 is 22.6 Å². The third-order valence-corrected chi connectivity index (χ3v) is 6.17. The highest BCUT2D eigenvalue weighted by molar-refractivity contribution is 6.07. The first-order valence-electron chi connectivity index (χ1n) is 10.0. The van der Waals surface area contributed by atoms with E-state index in [9.17, 15) is 23.1 Å². The Balaban J connectivity index is 1.63. The van der Waals surface area contributed by atoms with Gasteiger partial charge in [-0.2, -0.15) is 13.2 Å². The van der Waals surface area contributed by atoms with Crippen molar-refractivity contribution in [3.8, 4) is 0 Å². The number of nitrogens with zero attached hydrogens (tertiary/aromatic N) is 1. The molecular formula is C21H25F3N2O3. The van der Waals surface area contributed by atoms with E-state index >= 15 is 0 Å². The van der Waals surface area contributed by atoms with Gasteiger partial charge in [0.05, 0.1) is 16.9 Å². The molecule has 2 heterocycles. The molecule has 1 amide bonds. The highest BCUT2D eigenvalue weighted by Crippen LogP contribution is 2.40. The number of carbonyl (C=O) groups is 1. The molecule has 0 spiro atoms. The lowest BCUT2D eigenvalue weighted by Crippen LogP contribution is -2.34. The summed E-state index contributed by atoms with van der Waals surface area (Å²) in [5, 5.41) is 13.2. The summed E-state index contributed by atoms with van der Waals surface area (Å²) in [6.45, 7) is 3.40. The summed E-state index contributed by atoms with van der Waals surface area (Å²) in [7, 11) is 0. The fourth-order valence-corrected chi connectivity index (χ4v) is 4.38. The zero-order valence-electron chi connectivity index (χ0n) is 16.3. The van der Waals surface area contributed by atoms with Crippen LogP contribution in [0, 0.1) is 5.92 Å². The maximum Gasteiger partial charge on any atom is 0.416 e. The number of hydrogen-bond donors (Lipinski definition) is 2. The van der Waals surface area contributed by atoms with Crippen molar-refractivity contribution in [2.24, 2.45) is 5.92 Å². The number of amides is 1. The number of rotatable bonds is 3. The summed E-state index contributed by atoms with van der Waals surface area (Å²) < 4.78 is 45.3. The normalized spacial score (nSPS) is 25.6. The van der Waals surface area contributed by atoms with Crippen molar-refractivity contribution in [1.29, 1.82) is 0 Å². The van der Waals surface area contributed by atoms with Gasteiger partial charge in [-0.25, -0.2) is 0 Å². The van der Waals surface area contributed by atoms with Gasteiger partial charge >= 0.3 is 6.18 Å². The van der Waals surface area contributed by atoms with Gasteiger partial charge in [-0.15, -0.1) is 0 Å². The van der Waals surface area contributed by atoms with Gasteiger partial charge < -0.3 is 19.7 Å². The minimum Gasteiger partial charge on any atom is -0.449 e. The number of hydrogen-bond acceptors (Lipinski definition) is 4. The molecule has 8 heteroatoms. The van der Waals surface area contributed by atoms with E-state index < -0.39 is 23.2 Å². The second-order valence-corrected chi connectivity index (χ2v) is 8.46. The van der Waals surface area contributed by atoms with E-state index in [1.165, 1.54) is 6.07 Å². The zero-order chi connectivity index (χ0) is 20.8. The highest BCUT2D eigenvalue weighted by atomic mass is 19.4. The molecule has 0 atom stereocenters. The minimum absolute atomic E-state index is 0.0726. The summed E-state index contributed by atoms with van der Waals surface area (Å²) in [5.74, 6) is 0.124. The van der Waals surface area contributed by atoms with Gasteiger partial charge in [0.1, 0.15) is 5.58 Å². The average molecular weight is 410 g/mol. The third kappa shape index (κ3) is 4.08. The Morgan fingerprint density at radius 1 is 1.31 bits per heavy atom. The van der Waals surface area contributed by atoms with Crippen molar-refractivity contribution in [1.82, 2.24) is 5.32 Å². The Morgan fingerprint density at radius 3 is 2.72 bits per heavy atom. The van der Waals surface area contributed by atoms with Crippen LogP contribution >= 0.6 is 0 Å². The molecule has 2 aliphatic rings. The first kappa shape index (κ1) is 20.1. The summed E-state index contributed by atoms with van der Waals surface area (Å²) >= 11 is 0. The predicted octanol–water partition coefficient (Wildman–Crippen LogP) is 4.33. The molecule has 0 radical (unpaired) electrons. The van der Waals surface area contributed by atoms with E-state index in [4.69, 9.17) is 4.42 Å². The standard InChI is InChI=1S/C21H25F3N2O3/c1-20(28)7-4-13(5-8-20)6-10-26-11-9-25-19(27)18-17(26)15-12-14(21(22,23)24)2-3-16(15)29-18/h2-3,12-13,28H,4-11H2,1H3,(H,25,27)/t13-,20+. The second kappa shape index (κ2) is 7.23. The Bertz CT molecular complexity index is 910. The van der Waals surface area contributed by atoms with Crippen LogP contribution in [0.15, 0.2) is 22.6 Å². The van der Waals surface area contributed by atoms with Crippen molar-refractivity contribution < 1.29 is 27.5 Å². The molecule has 1 fully saturated rings. The summed E-state index contributed by atoms with van der Waals surface area (Å²) in [5.41, 5.74) is -0.632. The molecular weight excluding hydrogens is 385 g/mol. The molecule has 1 saturated carbocycles. The van der Waals surface area contributed by atoms with Crippen LogP contribution < -0.4 is 10.2 Å². The number of benzene rings is 1. The van der Waals surface area contributed by atoms with Crippen LogP contribution in [0.5, 0.6) is 0 Å². The predicted molar refractivity (Wildman–Crippen MR) is 103 cm³/mol. The molecule has 2 aromatic rings. The minimum atomic E-state index is -4.46. The monoisotopic (exact) mass is 410 g/mol. The van der Waals surface area contributed by atoms with Crippen molar-refractivity contribution in [2.45, 2.75) is 50.8 Å². The van der Waals surface area contributed by atoms with E-state index in [-0.39, 0.29) is 11.3 Å². The molecule has 1 aliphatic carbocycles. The SMILES string of the molecule is C[C@]1(O)CC[C@@H](CCN2CCNC(=O)c3oc4ccc(C(F)(F)F)cc4c32)CC1. The maximum atomic E-state index is 13.2. The number of anilines is 1. The van der Waals surface area contributed by atoms with E-state index in [1.54, 1.807) is 0 Å². The lowest BCUT2D eigenvalue weighted by Gasteiger charge is -2.34. The molecule has 158 valence electrons. The molecule has 0 saturated heterocycles. The second-order valence-electron chi connectivity index (χ2n) is 8.46. The van der Waals surface area contributed by atoms with Crippen LogP contribution in [0.4, 0.5) is 18.9 Å². The molecule has 29 heavy (non-hydrogen) atoms. The van der Waals surface area contributed by atoms with E-state index in [0.717, 1.165) is 44.2 Å². The Hall–Kier alpha value is -2.22. The van der Waals surface area contributed by atoms with Crippen molar-refractivity contribution in [2.75, 3.05) is 24.5 Å². The number of furan rings is 1. The van der Waals surface area contributed by atoms with Gasteiger partial charge in [0.15, 0.2) is 0 Å². The molecule has 2 N–H and O–H groups in total. The lowest BCUT2D eigenvalue weighted by atomic mass is 9.78. The maximum absolute atomic E-state index is 13.2. The molecule has 1 aromatic carbocycles. The van der Waals surface area contributed by atoms with E-state index in [0.29, 0.717) is 36.6 Å². The number of carbonyl (C=O) groups excluding carboxylic acids is 1. The summed E-state index contributed by atoms with van der Waals surface area (Å²) in [6, 6.07) is 3.32. The lowest BCUT2D eigenvalue weighted by molar-refractivity contribution is -0.137. The smallest absolute Gasteiger partial charge is 0.416 e. The van der Waals surface area contributed by atoms with Gasteiger partial charge in [-0.1, -0.05) is 0 Å². The van der Waals surface area contributed by atoms with E-state index in [2.05, 4.69) is 5.32 Å². The number of alkyl halides is 3. The molecule has 4 rings (SSSR count). The van der Waals surface area contributed by atoms with Crippen LogP contribution in [0.25, 0.3) is 11.0 Å². The zero-order valence-corrected chi connectivity index (χ0v) is 16.3. The number of halogens is 3. The topological polar surface area (TPSA) is 65.7 Å². The van der Waals surface area contributed by atoms with Crippen LogP contribution in [0.1, 0.15) is 55.1 Å². The molecule has 1 aliphatic heterocycles. The Morgan fingerprint density at radius 2 is 2.03 bits per heavy atom. The van der Waals surface area contributed by atoms with Crippen molar-refractivity contribution in [3.63, 3.8) is 0 Å². The number of aliphatic hydroxyl groups is 1.